The maximum absolute atomic E-state index is 12.3. The largest absolute Gasteiger partial charge is 0.311 e. The van der Waals surface area contributed by atoms with Gasteiger partial charge in [-0.05, 0) is 56.3 Å². The van der Waals surface area contributed by atoms with Crippen molar-refractivity contribution in [3.05, 3.63) is 39.9 Å². The lowest BCUT2D eigenvalue weighted by Gasteiger charge is -2.57. The van der Waals surface area contributed by atoms with Gasteiger partial charge in [0.15, 0.2) is 5.78 Å². The minimum atomic E-state index is -0.454. The van der Waals surface area contributed by atoms with Crippen LogP contribution in [0.1, 0.15) is 55.3 Å². The maximum atomic E-state index is 12.3. The first-order valence-electron chi connectivity index (χ1n) is 9.06. The number of non-ortho nitro benzene ring substituents is 1. The summed E-state index contributed by atoms with van der Waals surface area (Å²) in [4.78, 5) is 22.7. The SMILES string of the molecule is Cl.O=C(CCNC12CC3CC(CC(C3)C1)C2)c1cccc([N+](=O)[O-])c1. The number of Topliss-reactive ketones (excluding diaryl/α,β-unsaturated/α-hetero) is 1. The highest BCUT2D eigenvalue weighted by molar-refractivity contribution is 5.96. The van der Waals surface area contributed by atoms with Crippen LogP contribution in [0, 0.1) is 27.9 Å². The number of nitro benzene ring substituents is 1. The summed E-state index contributed by atoms with van der Waals surface area (Å²) in [6.45, 7) is 0.674. The normalized spacial score (nSPS) is 32.2. The molecule has 4 aliphatic carbocycles. The van der Waals surface area contributed by atoms with Gasteiger partial charge in [0.2, 0.25) is 0 Å². The monoisotopic (exact) mass is 364 g/mol. The number of ketones is 1. The van der Waals surface area contributed by atoms with Crippen molar-refractivity contribution in [3.8, 4) is 0 Å². The highest BCUT2D eigenvalue weighted by atomic mass is 35.5. The summed E-state index contributed by atoms with van der Waals surface area (Å²) in [6, 6.07) is 6.05. The van der Waals surface area contributed by atoms with Crippen molar-refractivity contribution < 1.29 is 9.72 Å². The summed E-state index contributed by atoms with van der Waals surface area (Å²) in [6.07, 6.45) is 8.44. The first-order valence-corrected chi connectivity index (χ1v) is 9.06. The van der Waals surface area contributed by atoms with Crippen molar-refractivity contribution in [2.24, 2.45) is 17.8 Å². The van der Waals surface area contributed by atoms with Crippen molar-refractivity contribution in [3.63, 3.8) is 0 Å². The Balaban J connectivity index is 0.00000182. The van der Waals surface area contributed by atoms with E-state index in [4.69, 9.17) is 0 Å². The smallest absolute Gasteiger partial charge is 0.270 e. The van der Waals surface area contributed by atoms with Crippen LogP contribution in [0.3, 0.4) is 0 Å². The predicted molar refractivity (Wildman–Crippen MR) is 98.2 cm³/mol. The van der Waals surface area contributed by atoms with E-state index < -0.39 is 4.92 Å². The van der Waals surface area contributed by atoms with Crippen LogP contribution in [-0.4, -0.2) is 22.8 Å². The molecule has 0 amide bonds. The number of rotatable bonds is 6. The molecular weight excluding hydrogens is 340 g/mol. The van der Waals surface area contributed by atoms with Gasteiger partial charge in [-0.2, -0.15) is 0 Å². The van der Waals surface area contributed by atoms with E-state index in [9.17, 15) is 14.9 Å². The van der Waals surface area contributed by atoms with Gasteiger partial charge in [0.25, 0.3) is 5.69 Å². The van der Waals surface area contributed by atoms with Crippen LogP contribution < -0.4 is 5.32 Å². The van der Waals surface area contributed by atoms with Crippen molar-refractivity contribution in [1.82, 2.24) is 5.32 Å². The van der Waals surface area contributed by atoms with E-state index in [2.05, 4.69) is 5.32 Å². The Bertz CT molecular complexity index is 641. The molecule has 1 aromatic rings. The number of halogens is 1. The lowest BCUT2D eigenvalue weighted by atomic mass is 9.53. The standard InChI is InChI=1S/C19H24N2O3.ClH/c22-18(16-2-1-3-17(9-16)21(23)24)4-5-20-19-10-13-6-14(11-19)8-15(7-13)12-19;/h1-3,9,13-15,20H,4-8,10-12H2;1H. The van der Waals surface area contributed by atoms with Crippen LogP contribution in [0.4, 0.5) is 5.69 Å². The molecule has 0 unspecified atom stereocenters. The molecule has 0 aliphatic heterocycles. The Morgan fingerprint density at radius 3 is 2.32 bits per heavy atom. The van der Waals surface area contributed by atoms with Crippen LogP contribution in [0.5, 0.6) is 0 Å². The summed E-state index contributed by atoms with van der Waals surface area (Å²) >= 11 is 0. The number of carbonyl (C=O) groups excluding carboxylic acids is 1. The third-order valence-electron chi connectivity index (χ3n) is 6.27. The Morgan fingerprint density at radius 1 is 1.16 bits per heavy atom. The first kappa shape index (κ1) is 18.3. The molecule has 5 nitrogen and oxygen atoms in total. The first-order chi connectivity index (χ1) is 11.5. The zero-order valence-corrected chi connectivity index (χ0v) is 15.1. The van der Waals surface area contributed by atoms with Gasteiger partial charge in [-0.3, -0.25) is 14.9 Å². The zero-order chi connectivity index (χ0) is 16.7. The molecule has 4 bridgehead atoms. The van der Waals surface area contributed by atoms with E-state index in [0.29, 0.717) is 18.5 Å². The summed E-state index contributed by atoms with van der Waals surface area (Å²) in [5.74, 6) is 2.64. The summed E-state index contributed by atoms with van der Waals surface area (Å²) < 4.78 is 0. The van der Waals surface area contributed by atoms with Gasteiger partial charge >= 0.3 is 0 Å². The van der Waals surface area contributed by atoms with Crippen LogP contribution >= 0.6 is 12.4 Å². The zero-order valence-electron chi connectivity index (χ0n) is 14.3. The Kier molecular flexibility index (Phi) is 5.16. The number of nitro groups is 1. The number of carbonyl (C=O) groups is 1. The fraction of sp³-hybridized carbons (Fsp3) is 0.632. The fourth-order valence-corrected chi connectivity index (χ4v) is 5.71. The molecule has 1 N–H and O–H groups in total. The molecule has 5 rings (SSSR count). The van der Waals surface area contributed by atoms with Gasteiger partial charge in [0.1, 0.15) is 0 Å². The topological polar surface area (TPSA) is 72.2 Å². The molecular formula is C19H25ClN2O3. The van der Waals surface area contributed by atoms with Crippen molar-refractivity contribution in [2.45, 2.75) is 50.5 Å². The molecule has 0 saturated heterocycles. The summed E-state index contributed by atoms with van der Waals surface area (Å²) in [5, 5.41) is 14.5. The molecule has 25 heavy (non-hydrogen) atoms. The molecule has 0 heterocycles. The lowest BCUT2D eigenvalue weighted by Crippen LogP contribution is -2.58. The molecule has 6 heteroatoms. The second kappa shape index (κ2) is 7.04. The Hall–Kier alpha value is -1.46. The van der Waals surface area contributed by atoms with Gasteiger partial charge in [0, 0.05) is 36.2 Å². The number of benzene rings is 1. The highest BCUT2D eigenvalue weighted by Gasteiger charge is 2.50. The van der Waals surface area contributed by atoms with Gasteiger partial charge in [-0.15, -0.1) is 12.4 Å². The van der Waals surface area contributed by atoms with E-state index in [1.54, 1.807) is 12.1 Å². The van der Waals surface area contributed by atoms with Crippen LogP contribution in [0.2, 0.25) is 0 Å². The predicted octanol–water partition coefficient (Wildman–Crippen LogP) is 4.15. The Labute approximate surface area is 154 Å². The van der Waals surface area contributed by atoms with Crippen molar-refractivity contribution in [2.75, 3.05) is 6.54 Å². The van der Waals surface area contributed by atoms with Gasteiger partial charge in [0.05, 0.1) is 4.92 Å². The molecule has 0 aromatic heterocycles. The van der Waals surface area contributed by atoms with Crippen molar-refractivity contribution >= 4 is 23.9 Å². The second-order valence-electron chi connectivity index (χ2n) is 8.11. The van der Waals surface area contributed by atoms with Crippen molar-refractivity contribution in [1.29, 1.82) is 0 Å². The number of hydrogen-bond donors (Lipinski definition) is 1. The fourth-order valence-electron chi connectivity index (χ4n) is 5.71. The van der Waals surface area contributed by atoms with Gasteiger partial charge in [-0.25, -0.2) is 0 Å². The Morgan fingerprint density at radius 2 is 1.76 bits per heavy atom. The average molecular weight is 365 g/mol. The van der Waals surface area contributed by atoms with Crippen LogP contribution in [0.15, 0.2) is 24.3 Å². The molecule has 4 aliphatic rings. The van der Waals surface area contributed by atoms with E-state index in [1.807, 2.05) is 0 Å². The lowest BCUT2D eigenvalue weighted by molar-refractivity contribution is -0.384. The van der Waals surface area contributed by atoms with Gasteiger partial charge < -0.3 is 5.32 Å². The molecule has 136 valence electrons. The van der Waals surface area contributed by atoms with Gasteiger partial charge in [-0.1, -0.05) is 12.1 Å². The molecule has 1 aromatic carbocycles. The van der Waals surface area contributed by atoms with E-state index in [1.165, 1.54) is 50.7 Å². The molecule has 0 radical (unpaired) electrons. The third kappa shape index (κ3) is 3.72. The minimum Gasteiger partial charge on any atom is -0.311 e. The highest BCUT2D eigenvalue weighted by Crippen LogP contribution is 2.55. The average Bonchev–Trinajstić information content (AvgIpc) is 2.53. The molecule has 4 fully saturated rings. The number of nitrogens with zero attached hydrogens (tertiary/aromatic N) is 1. The number of nitrogens with one attached hydrogen (secondary N) is 1. The third-order valence-corrected chi connectivity index (χ3v) is 6.27. The maximum Gasteiger partial charge on any atom is 0.270 e. The second-order valence-corrected chi connectivity index (χ2v) is 8.11. The molecule has 0 spiro atoms. The molecule has 0 atom stereocenters. The number of hydrogen-bond acceptors (Lipinski definition) is 4. The quantitative estimate of drug-likeness (QED) is 0.467. The minimum absolute atomic E-state index is 0. The molecule has 4 saturated carbocycles. The van der Waals surface area contributed by atoms with E-state index >= 15 is 0 Å². The summed E-state index contributed by atoms with van der Waals surface area (Å²) in [5.41, 5.74) is 0.684. The summed E-state index contributed by atoms with van der Waals surface area (Å²) in [7, 11) is 0. The van der Waals surface area contributed by atoms with E-state index in [-0.39, 0.29) is 29.4 Å². The van der Waals surface area contributed by atoms with Crippen LogP contribution in [0.25, 0.3) is 0 Å². The van der Waals surface area contributed by atoms with Crippen LogP contribution in [-0.2, 0) is 0 Å². The van der Waals surface area contributed by atoms with E-state index in [0.717, 1.165) is 17.8 Å².